The molecule has 0 aliphatic heterocycles. The molecule has 4 nitrogen and oxygen atoms in total. The van der Waals surface area contributed by atoms with E-state index in [-0.39, 0.29) is 12.5 Å². The molecule has 0 unspecified atom stereocenters. The first kappa shape index (κ1) is 16.7. The number of hydrogen-bond donors (Lipinski definition) is 2. The fourth-order valence-corrected chi connectivity index (χ4v) is 1.97. The minimum absolute atomic E-state index is 0.0423. The van der Waals surface area contributed by atoms with Crippen LogP contribution in [-0.2, 0) is 9.53 Å². The molecule has 0 fully saturated rings. The van der Waals surface area contributed by atoms with Crippen LogP contribution in [0.3, 0.4) is 0 Å². The lowest BCUT2D eigenvalue weighted by atomic mass is 9.94. The van der Waals surface area contributed by atoms with Gasteiger partial charge in [0.05, 0.1) is 6.61 Å². The molecule has 0 radical (unpaired) electrons. The normalized spacial score (nSPS) is 11.2. The van der Waals surface area contributed by atoms with Crippen LogP contribution < -0.4 is 11.1 Å². The summed E-state index contributed by atoms with van der Waals surface area (Å²) in [5, 5.41) is 2.91. The Morgan fingerprint density at radius 3 is 2.50 bits per heavy atom. The van der Waals surface area contributed by atoms with Crippen LogP contribution in [0.5, 0.6) is 0 Å². The Kier molecular flexibility index (Phi) is 6.68. The first-order valence-corrected chi connectivity index (χ1v) is 7.17. The average molecular weight is 278 g/mol. The van der Waals surface area contributed by atoms with Gasteiger partial charge in [-0.3, -0.25) is 4.79 Å². The number of nitrogens with one attached hydrogen (secondary N) is 1. The zero-order valence-corrected chi connectivity index (χ0v) is 12.9. The molecule has 0 saturated carbocycles. The van der Waals surface area contributed by atoms with Crippen molar-refractivity contribution in [2.24, 2.45) is 5.73 Å². The van der Waals surface area contributed by atoms with Crippen molar-refractivity contribution in [1.29, 1.82) is 0 Å². The number of nitrogens with two attached hydrogens (primary N) is 1. The van der Waals surface area contributed by atoms with E-state index in [0.29, 0.717) is 25.0 Å². The zero-order valence-electron chi connectivity index (χ0n) is 12.9. The summed E-state index contributed by atoms with van der Waals surface area (Å²) in [6.45, 7) is 9.45. The quantitative estimate of drug-likeness (QED) is 0.754. The maximum atomic E-state index is 11.8. The molecule has 112 valence electrons. The van der Waals surface area contributed by atoms with Crippen molar-refractivity contribution < 1.29 is 9.53 Å². The molecule has 4 heteroatoms. The highest BCUT2D eigenvalue weighted by Gasteiger charge is 2.12. The van der Waals surface area contributed by atoms with E-state index in [4.69, 9.17) is 10.5 Å². The summed E-state index contributed by atoms with van der Waals surface area (Å²) >= 11 is 0. The number of ether oxygens (including phenoxy) is 1. The first-order valence-electron chi connectivity index (χ1n) is 7.17. The predicted molar refractivity (Wildman–Crippen MR) is 83.1 cm³/mol. The van der Waals surface area contributed by atoms with Gasteiger partial charge in [-0.25, -0.2) is 0 Å². The van der Waals surface area contributed by atoms with Crippen LogP contribution in [0, 0.1) is 0 Å². The first-order chi connectivity index (χ1) is 9.45. The van der Waals surface area contributed by atoms with Crippen LogP contribution in [0.4, 0.5) is 5.69 Å². The van der Waals surface area contributed by atoms with Gasteiger partial charge in [0.1, 0.15) is 6.61 Å². The molecular formula is C16H26N2O2. The van der Waals surface area contributed by atoms with Crippen LogP contribution in [0.1, 0.15) is 50.7 Å². The lowest BCUT2D eigenvalue weighted by molar-refractivity contribution is -0.120. The van der Waals surface area contributed by atoms with Crippen molar-refractivity contribution in [3.05, 3.63) is 29.3 Å². The second-order valence-electron chi connectivity index (χ2n) is 5.55. The van der Waals surface area contributed by atoms with Crippen LogP contribution in [0.2, 0.25) is 0 Å². The van der Waals surface area contributed by atoms with Crippen molar-refractivity contribution in [2.45, 2.75) is 39.5 Å². The molecule has 0 saturated heterocycles. The van der Waals surface area contributed by atoms with Gasteiger partial charge in [0, 0.05) is 12.2 Å². The SMILES string of the molecule is CC(C)c1ccc(NC(=O)COCCN)c(C(C)C)c1. The lowest BCUT2D eigenvalue weighted by Crippen LogP contribution is -2.21. The Balaban J connectivity index is 2.81. The fraction of sp³-hybridized carbons (Fsp3) is 0.562. The number of rotatable bonds is 7. The van der Waals surface area contributed by atoms with Gasteiger partial charge in [-0.05, 0) is 29.0 Å². The summed E-state index contributed by atoms with van der Waals surface area (Å²) < 4.78 is 5.14. The lowest BCUT2D eigenvalue weighted by Gasteiger charge is -2.17. The average Bonchev–Trinajstić information content (AvgIpc) is 2.38. The fourth-order valence-electron chi connectivity index (χ4n) is 1.97. The molecule has 0 atom stereocenters. The second-order valence-corrected chi connectivity index (χ2v) is 5.55. The highest BCUT2D eigenvalue weighted by atomic mass is 16.5. The van der Waals surface area contributed by atoms with Gasteiger partial charge in [-0.2, -0.15) is 0 Å². The van der Waals surface area contributed by atoms with E-state index in [1.807, 2.05) is 6.07 Å². The number of hydrogen-bond acceptors (Lipinski definition) is 3. The van der Waals surface area contributed by atoms with E-state index < -0.39 is 0 Å². The van der Waals surface area contributed by atoms with E-state index in [1.54, 1.807) is 0 Å². The van der Waals surface area contributed by atoms with E-state index in [9.17, 15) is 4.79 Å². The van der Waals surface area contributed by atoms with Crippen molar-refractivity contribution in [2.75, 3.05) is 25.1 Å². The molecule has 1 aromatic carbocycles. The third-order valence-electron chi connectivity index (χ3n) is 3.13. The Labute approximate surface area is 121 Å². The second kappa shape index (κ2) is 8.02. The minimum Gasteiger partial charge on any atom is -0.370 e. The summed E-state index contributed by atoms with van der Waals surface area (Å²) in [6.07, 6.45) is 0. The van der Waals surface area contributed by atoms with E-state index in [1.165, 1.54) is 5.56 Å². The molecule has 0 heterocycles. The molecule has 0 spiro atoms. The summed E-state index contributed by atoms with van der Waals surface area (Å²) in [5.41, 5.74) is 8.63. The van der Waals surface area contributed by atoms with Gasteiger partial charge in [0.25, 0.3) is 0 Å². The van der Waals surface area contributed by atoms with Crippen LogP contribution in [-0.4, -0.2) is 25.7 Å². The van der Waals surface area contributed by atoms with Gasteiger partial charge in [0.15, 0.2) is 0 Å². The van der Waals surface area contributed by atoms with Crippen molar-refractivity contribution in [3.8, 4) is 0 Å². The number of amides is 1. The van der Waals surface area contributed by atoms with E-state index in [2.05, 4.69) is 45.1 Å². The highest BCUT2D eigenvalue weighted by Crippen LogP contribution is 2.28. The van der Waals surface area contributed by atoms with Crippen molar-refractivity contribution >= 4 is 11.6 Å². The van der Waals surface area contributed by atoms with Gasteiger partial charge >= 0.3 is 0 Å². The largest absolute Gasteiger partial charge is 0.370 e. The Morgan fingerprint density at radius 1 is 1.25 bits per heavy atom. The van der Waals surface area contributed by atoms with Gasteiger partial charge in [0.2, 0.25) is 5.91 Å². The maximum Gasteiger partial charge on any atom is 0.250 e. The smallest absolute Gasteiger partial charge is 0.250 e. The highest BCUT2D eigenvalue weighted by molar-refractivity contribution is 5.92. The molecule has 20 heavy (non-hydrogen) atoms. The molecule has 1 rings (SSSR count). The number of carbonyl (C=O) groups excluding carboxylic acids is 1. The summed E-state index contributed by atoms with van der Waals surface area (Å²) in [6, 6.07) is 6.21. The molecule has 1 amide bonds. The number of anilines is 1. The van der Waals surface area contributed by atoms with Gasteiger partial charge < -0.3 is 15.8 Å². The standard InChI is InChI=1S/C16H26N2O2/c1-11(2)13-5-6-15(14(9-13)12(3)4)18-16(19)10-20-8-7-17/h5-6,9,11-12H,7-8,10,17H2,1-4H3,(H,18,19). The molecule has 0 bridgehead atoms. The van der Waals surface area contributed by atoms with E-state index >= 15 is 0 Å². The Morgan fingerprint density at radius 2 is 1.95 bits per heavy atom. The predicted octanol–water partition coefficient (Wildman–Crippen LogP) is 2.85. The van der Waals surface area contributed by atoms with E-state index in [0.717, 1.165) is 11.3 Å². The summed E-state index contributed by atoms with van der Waals surface area (Å²) in [7, 11) is 0. The Hall–Kier alpha value is -1.39. The Bertz CT molecular complexity index is 442. The maximum absolute atomic E-state index is 11.8. The molecule has 0 aliphatic carbocycles. The monoisotopic (exact) mass is 278 g/mol. The van der Waals surface area contributed by atoms with Crippen LogP contribution >= 0.6 is 0 Å². The molecule has 1 aromatic rings. The third kappa shape index (κ3) is 4.94. The number of carbonyl (C=O) groups is 1. The molecule has 0 aliphatic rings. The summed E-state index contributed by atoms with van der Waals surface area (Å²) in [5.74, 6) is 0.691. The summed E-state index contributed by atoms with van der Waals surface area (Å²) in [4.78, 5) is 11.8. The zero-order chi connectivity index (χ0) is 15.1. The van der Waals surface area contributed by atoms with Crippen molar-refractivity contribution in [3.63, 3.8) is 0 Å². The van der Waals surface area contributed by atoms with Crippen LogP contribution in [0.25, 0.3) is 0 Å². The van der Waals surface area contributed by atoms with Gasteiger partial charge in [-0.1, -0.05) is 39.8 Å². The minimum atomic E-state index is -0.141. The van der Waals surface area contributed by atoms with Gasteiger partial charge in [-0.15, -0.1) is 0 Å². The molecule has 3 N–H and O–H groups in total. The van der Waals surface area contributed by atoms with Crippen molar-refractivity contribution in [1.82, 2.24) is 0 Å². The number of benzene rings is 1. The topological polar surface area (TPSA) is 64.3 Å². The van der Waals surface area contributed by atoms with Crippen LogP contribution in [0.15, 0.2) is 18.2 Å². The molecular weight excluding hydrogens is 252 g/mol. The molecule has 0 aromatic heterocycles. The third-order valence-corrected chi connectivity index (χ3v) is 3.13.